The fourth-order valence-electron chi connectivity index (χ4n) is 2.12. The van der Waals surface area contributed by atoms with Crippen molar-refractivity contribution in [1.82, 2.24) is 15.4 Å². The number of hydrogen-bond acceptors (Lipinski definition) is 5. The Balaban J connectivity index is 1.96. The van der Waals surface area contributed by atoms with Crippen LogP contribution in [0.4, 0.5) is 5.82 Å². The van der Waals surface area contributed by atoms with Crippen molar-refractivity contribution in [3.05, 3.63) is 59.7 Å². The number of amides is 1. The first-order valence-corrected chi connectivity index (χ1v) is 6.45. The van der Waals surface area contributed by atoms with Crippen molar-refractivity contribution >= 4 is 22.6 Å². The Bertz CT molecular complexity index is 788. The number of nitrogens with two attached hydrogens (primary N) is 1. The van der Waals surface area contributed by atoms with Crippen molar-refractivity contribution in [2.24, 2.45) is 5.73 Å². The highest BCUT2D eigenvalue weighted by Gasteiger charge is 2.11. The Labute approximate surface area is 121 Å². The highest BCUT2D eigenvalue weighted by molar-refractivity contribution is 6.06. The topological polar surface area (TPSA) is 93.8 Å². The van der Waals surface area contributed by atoms with Crippen LogP contribution in [0.5, 0.6) is 0 Å². The summed E-state index contributed by atoms with van der Waals surface area (Å²) in [7, 11) is 0. The van der Waals surface area contributed by atoms with Gasteiger partial charge in [-0.25, -0.2) is 0 Å². The molecule has 104 valence electrons. The van der Waals surface area contributed by atoms with Crippen molar-refractivity contribution in [2.45, 2.75) is 6.54 Å². The molecule has 0 saturated carbocycles. The maximum Gasteiger partial charge on any atom is 0.250 e. The van der Waals surface area contributed by atoms with Gasteiger partial charge >= 0.3 is 0 Å². The molecule has 0 aliphatic rings. The van der Waals surface area contributed by atoms with Crippen LogP contribution < -0.4 is 11.1 Å². The predicted octanol–water partition coefficient (Wildman–Crippen LogP) is 1.74. The molecule has 2 aromatic carbocycles. The van der Waals surface area contributed by atoms with Crippen LogP contribution in [-0.2, 0) is 6.54 Å². The van der Waals surface area contributed by atoms with Gasteiger partial charge in [-0.1, -0.05) is 36.4 Å². The average Bonchev–Trinajstić information content (AvgIpc) is 2.53. The van der Waals surface area contributed by atoms with Gasteiger partial charge in [0.1, 0.15) is 5.52 Å². The zero-order valence-electron chi connectivity index (χ0n) is 11.2. The van der Waals surface area contributed by atoms with E-state index in [1.807, 2.05) is 36.4 Å². The van der Waals surface area contributed by atoms with Crippen LogP contribution in [0.1, 0.15) is 15.9 Å². The summed E-state index contributed by atoms with van der Waals surface area (Å²) >= 11 is 0. The fourth-order valence-corrected chi connectivity index (χ4v) is 2.12. The summed E-state index contributed by atoms with van der Waals surface area (Å²) in [6.07, 6.45) is 0. The second kappa shape index (κ2) is 5.54. The molecule has 0 unspecified atom stereocenters. The number of nitrogens with one attached hydrogen (secondary N) is 1. The lowest BCUT2D eigenvalue weighted by molar-refractivity contribution is 0.100. The van der Waals surface area contributed by atoms with E-state index in [2.05, 4.69) is 20.7 Å². The van der Waals surface area contributed by atoms with Gasteiger partial charge in [0.25, 0.3) is 5.91 Å². The lowest BCUT2D eigenvalue weighted by atomic mass is 10.1. The van der Waals surface area contributed by atoms with Gasteiger partial charge in [0.15, 0.2) is 5.82 Å². The number of nitrogens with zero attached hydrogens (tertiary/aromatic N) is 3. The second-order valence-corrected chi connectivity index (χ2v) is 4.54. The molecule has 3 N–H and O–H groups in total. The first-order valence-electron chi connectivity index (χ1n) is 6.45. The third-order valence-electron chi connectivity index (χ3n) is 3.15. The van der Waals surface area contributed by atoms with Crippen molar-refractivity contribution in [3.63, 3.8) is 0 Å². The lowest BCUT2D eigenvalue weighted by Gasteiger charge is -2.08. The molecule has 0 bridgehead atoms. The molecule has 0 atom stereocenters. The largest absolute Gasteiger partial charge is 0.366 e. The van der Waals surface area contributed by atoms with E-state index in [0.717, 1.165) is 10.9 Å². The minimum atomic E-state index is -0.532. The molecule has 6 nitrogen and oxygen atoms in total. The van der Waals surface area contributed by atoms with Gasteiger partial charge in [-0.15, -0.1) is 10.2 Å². The maximum atomic E-state index is 11.4. The van der Waals surface area contributed by atoms with Crippen LogP contribution in [-0.4, -0.2) is 21.3 Å². The molecular formula is C15H13N5O. The Hall–Kier alpha value is -3.02. The number of carbonyl (C=O) groups excluding carboxylic acids is 1. The van der Waals surface area contributed by atoms with E-state index in [-0.39, 0.29) is 0 Å². The van der Waals surface area contributed by atoms with Gasteiger partial charge in [0.2, 0.25) is 0 Å². The van der Waals surface area contributed by atoms with Gasteiger partial charge in [-0.05, 0) is 22.9 Å². The molecule has 0 aliphatic heterocycles. The van der Waals surface area contributed by atoms with Gasteiger partial charge < -0.3 is 11.1 Å². The molecule has 0 spiro atoms. The number of fused-ring (bicyclic) bond motifs is 1. The molecule has 0 fully saturated rings. The molecule has 3 aromatic rings. The average molecular weight is 279 g/mol. The lowest BCUT2D eigenvalue weighted by Crippen LogP contribution is -2.13. The van der Waals surface area contributed by atoms with Crippen LogP contribution in [0.3, 0.4) is 0 Å². The number of aromatic nitrogens is 3. The highest BCUT2D eigenvalue weighted by atomic mass is 16.1. The first kappa shape index (κ1) is 13.0. The zero-order valence-corrected chi connectivity index (χ0v) is 11.2. The SMILES string of the molecule is NC(=O)c1cccc2c(NCc3ccccc3)nnnc12. The number of primary amides is 1. The summed E-state index contributed by atoms with van der Waals surface area (Å²) < 4.78 is 0. The summed E-state index contributed by atoms with van der Waals surface area (Å²) in [6.45, 7) is 0.607. The van der Waals surface area contributed by atoms with Crippen molar-refractivity contribution in [1.29, 1.82) is 0 Å². The van der Waals surface area contributed by atoms with E-state index in [1.165, 1.54) is 0 Å². The number of rotatable bonds is 4. The second-order valence-electron chi connectivity index (χ2n) is 4.54. The summed E-state index contributed by atoms with van der Waals surface area (Å²) in [5.74, 6) is 0.0436. The molecular weight excluding hydrogens is 266 g/mol. The standard InChI is InChI=1S/C15H13N5O/c16-14(21)11-7-4-8-12-13(11)18-20-19-15(12)17-9-10-5-2-1-3-6-10/h1-8H,9H2,(H2,16,21)(H,17,18,19). The Morgan fingerprint density at radius 1 is 1.05 bits per heavy atom. The normalized spacial score (nSPS) is 10.5. The molecule has 1 heterocycles. The summed E-state index contributed by atoms with van der Waals surface area (Å²) in [5.41, 5.74) is 7.26. The molecule has 3 rings (SSSR count). The Morgan fingerprint density at radius 3 is 2.62 bits per heavy atom. The molecule has 1 amide bonds. The minimum Gasteiger partial charge on any atom is -0.366 e. The van der Waals surface area contributed by atoms with E-state index in [9.17, 15) is 4.79 Å². The minimum absolute atomic E-state index is 0.338. The van der Waals surface area contributed by atoms with Gasteiger partial charge in [-0.3, -0.25) is 4.79 Å². The van der Waals surface area contributed by atoms with Crippen molar-refractivity contribution < 1.29 is 4.79 Å². The van der Waals surface area contributed by atoms with Gasteiger partial charge in [0, 0.05) is 11.9 Å². The van der Waals surface area contributed by atoms with Crippen LogP contribution in [0.25, 0.3) is 10.9 Å². The number of hydrogen-bond donors (Lipinski definition) is 2. The summed E-state index contributed by atoms with van der Waals surface area (Å²) in [5, 5.41) is 15.5. The third kappa shape index (κ3) is 2.64. The fraction of sp³-hybridized carbons (Fsp3) is 0.0667. The summed E-state index contributed by atoms with van der Waals surface area (Å²) in [4.78, 5) is 11.4. The van der Waals surface area contributed by atoms with Crippen molar-refractivity contribution in [3.8, 4) is 0 Å². The van der Waals surface area contributed by atoms with Crippen LogP contribution in [0, 0.1) is 0 Å². The van der Waals surface area contributed by atoms with E-state index in [1.54, 1.807) is 12.1 Å². The molecule has 1 aromatic heterocycles. The van der Waals surface area contributed by atoms with Crippen LogP contribution in [0.2, 0.25) is 0 Å². The highest BCUT2D eigenvalue weighted by Crippen LogP contribution is 2.21. The van der Waals surface area contributed by atoms with E-state index in [4.69, 9.17) is 5.73 Å². The predicted molar refractivity (Wildman–Crippen MR) is 79.6 cm³/mol. The van der Waals surface area contributed by atoms with Gasteiger partial charge in [-0.2, -0.15) is 0 Å². The molecule has 6 heteroatoms. The van der Waals surface area contributed by atoms with Gasteiger partial charge in [0.05, 0.1) is 5.56 Å². The van der Waals surface area contributed by atoms with Crippen LogP contribution in [0.15, 0.2) is 48.5 Å². The van der Waals surface area contributed by atoms with E-state index >= 15 is 0 Å². The smallest absolute Gasteiger partial charge is 0.250 e. The summed E-state index contributed by atoms with van der Waals surface area (Å²) in [6, 6.07) is 15.1. The third-order valence-corrected chi connectivity index (χ3v) is 3.15. The van der Waals surface area contributed by atoms with E-state index in [0.29, 0.717) is 23.4 Å². The number of carbonyl (C=O) groups is 1. The number of anilines is 1. The quantitative estimate of drug-likeness (QED) is 0.758. The Kier molecular flexibility index (Phi) is 3.42. The van der Waals surface area contributed by atoms with Crippen molar-refractivity contribution in [2.75, 3.05) is 5.32 Å². The molecule has 21 heavy (non-hydrogen) atoms. The molecule has 0 radical (unpaired) electrons. The monoisotopic (exact) mass is 279 g/mol. The first-order chi connectivity index (χ1) is 10.3. The molecule has 0 saturated heterocycles. The Morgan fingerprint density at radius 2 is 1.86 bits per heavy atom. The van der Waals surface area contributed by atoms with Crippen LogP contribution >= 0.6 is 0 Å². The zero-order chi connectivity index (χ0) is 14.7. The number of benzene rings is 2. The maximum absolute atomic E-state index is 11.4. The molecule has 0 aliphatic carbocycles. The van der Waals surface area contributed by atoms with E-state index < -0.39 is 5.91 Å².